The van der Waals surface area contributed by atoms with Crippen LogP contribution in [0.15, 0.2) is 18.2 Å². The van der Waals surface area contributed by atoms with Crippen molar-refractivity contribution in [2.24, 2.45) is 11.7 Å². The minimum Gasteiger partial charge on any atom is -0.495 e. The summed E-state index contributed by atoms with van der Waals surface area (Å²) in [6, 6.07) is 5.69. The third kappa shape index (κ3) is 3.19. The predicted octanol–water partition coefficient (Wildman–Crippen LogP) is 2.78. The lowest BCUT2D eigenvalue weighted by atomic mass is 9.86. The standard InChI is InChI=1S/C15H22N2O2/c1-10-5-3-4-6-12(10)17-13-9-11(15(16)18)7-8-14(13)19-2/h7-10,12,17H,3-6H2,1-2H3,(H2,16,18). The van der Waals surface area contributed by atoms with Crippen molar-refractivity contribution in [1.29, 1.82) is 0 Å². The molecule has 0 bridgehead atoms. The van der Waals surface area contributed by atoms with Gasteiger partial charge in [0.25, 0.3) is 0 Å². The molecule has 1 amide bonds. The van der Waals surface area contributed by atoms with Crippen molar-refractivity contribution >= 4 is 11.6 Å². The summed E-state index contributed by atoms with van der Waals surface area (Å²) in [7, 11) is 1.63. The van der Waals surface area contributed by atoms with Crippen LogP contribution in [0.5, 0.6) is 5.75 Å². The highest BCUT2D eigenvalue weighted by molar-refractivity contribution is 5.94. The first-order chi connectivity index (χ1) is 9.11. The lowest BCUT2D eigenvalue weighted by Gasteiger charge is -2.31. The number of nitrogens with two attached hydrogens (primary N) is 1. The van der Waals surface area contributed by atoms with Crippen molar-refractivity contribution in [2.45, 2.75) is 38.6 Å². The van der Waals surface area contributed by atoms with Crippen LogP contribution in [0.3, 0.4) is 0 Å². The van der Waals surface area contributed by atoms with Crippen LogP contribution in [-0.4, -0.2) is 19.1 Å². The highest BCUT2D eigenvalue weighted by atomic mass is 16.5. The largest absolute Gasteiger partial charge is 0.495 e. The zero-order valence-electron chi connectivity index (χ0n) is 11.6. The van der Waals surface area contributed by atoms with Gasteiger partial charge in [0.15, 0.2) is 0 Å². The van der Waals surface area contributed by atoms with E-state index in [0.717, 1.165) is 17.9 Å². The molecule has 0 aliphatic heterocycles. The van der Waals surface area contributed by atoms with E-state index in [-0.39, 0.29) is 0 Å². The van der Waals surface area contributed by atoms with Gasteiger partial charge in [0, 0.05) is 11.6 Å². The number of methoxy groups -OCH3 is 1. The van der Waals surface area contributed by atoms with E-state index in [1.807, 2.05) is 0 Å². The van der Waals surface area contributed by atoms with Crippen LogP contribution in [0.25, 0.3) is 0 Å². The fraction of sp³-hybridized carbons (Fsp3) is 0.533. The van der Waals surface area contributed by atoms with Crippen LogP contribution < -0.4 is 15.8 Å². The Balaban J connectivity index is 2.21. The number of nitrogens with one attached hydrogen (secondary N) is 1. The van der Waals surface area contributed by atoms with Crippen molar-refractivity contribution in [3.05, 3.63) is 23.8 Å². The molecule has 4 heteroatoms. The van der Waals surface area contributed by atoms with Gasteiger partial charge in [-0.25, -0.2) is 0 Å². The molecule has 1 aromatic carbocycles. The van der Waals surface area contributed by atoms with Crippen LogP contribution in [0.2, 0.25) is 0 Å². The van der Waals surface area contributed by atoms with Gasteiger partial charge in [0.1, 0.15) is 5.75 Å². The molecule has 1 aromatic rings. The Hall–Kier alpha value is -1.71. The number of primary amides is 1. The second-order valence-corrected chi connectivity index (χ2v) is 5.29. The summed E-state index contributed by atoms with van der Waals surface area (Å²) in [4.78, 5) is 11.3. The smallest absolute Gasteiger partial charge is 0.248 e. The third-order valence-corrected chi connectivity index (χ3v) is 3.94. The molecular weight excluding hydrogens is 240 g/mol. The molecule has 0 aromatic heterocycles. The van der Waals surface area contributed by atoms with Crippen molar-refractivity contribution in [1.82, 2.24) is 0 Å². The second kappa shape index (κ2) is 5.95. The SMILES string of the molecule is COc1ccc(C(N)=O)cc1NC1CCCCC1C. The van der Waals surface area contributed by atoms with E-state index in [0.29, 0.717) is 17.5 Å². The van der Waals surface area contributed by atoms with E-state index < -0.39 is 5.91 Å². The molecule has 1 saturated carbocycles. The molecular formula is C15H22N2O2. The fourth-order valence-corrected chi connectivity index (χ4v) is 2.70. The fourth-order valence-electron chi connectivity index (χ4n) is 2.70. The van der Waals surface area contributed by atoms with Crippen LogP contribution >= 0.6 is 0 Å². The zero-order valence-corrected chi connectivity index (χ0v) is 11.6. The van der Waals surface area contributed by atoms with Crippen LogP contribution in [0, 0.1) is 5.92 Å². The molecule has 2 atom stereocenters. The van der Waals surface area contributed by atoms with Gasteiger partial charge in [-0.1, -0.05) is 19.8 Å². The van der Waals surface area contributed by atoms with E-state index in [4.69, 9.17) is 10.5 Å². The number of carbonyl (C=O) groups is 1. The van der Waals surface area contributed by atoms with Crippen molar-refractivity contribution in [2.75, 3.05) is 12.4 Å². The molecule has 0 saturated heterocycles. The number of benzene rings is 1. The number of ether oxygens (including phenoxy) is 1. The molecule has 0 spiro atoms. The molecule has 0 radical (unpaired) electrons. The molecule has 1 fully saturated rings. The number of rotatable bonds is 4. The normalized spacial score (nSPS) is 22.8. The minimum absolute atomic E-state index is 0.414. The van der Waals surface area contributed by atoms with Gasteiger partial charge in [0.05, 0.1) is 12.8 Å². The molecule has 2 unspecified atom stereocenters. The third-order valence-electron chi connectivity index (χ3n) is 3.94. The Kier molecular flexibility index (Phi) is 4.30. The number of anilines is 1. The molecule has 4 nitrogen and oxygen atoms in total. The Labute approximate surface area is 114 Å². The first-order valence-corrected chi connectivity index (χ1v) is 6.86. The van der Waals surface area contributed by atoms with E-state index in [9.17, 15) is 4.79 Å². The van der Waals surface area contributed by atoms with Crippen LogP contribution in [0.1, 0.15) is 43.0 Å². The lowest BCUT2D eigenvalue weighted by Crippen LogP contribution is -2.30. The predicted molar refractivity (Wildman–Crippen MR) is 76.6 cm³/mol. The zero-order chi connectivity index (χ0) is 13.8. The maximum atomic E-state index is 11.3. The van der Waals surface area contributed by atoms with E-state index >= 15 is 0 Å². The molecule has 2 rings (SSSR count). The average Bonchev–Trinajstić information content (AvgIpc) is 2.41. The second-order valence-electron chi connectivity index (χ2n) is 5.29. The summed E-state index contributed by atoms with van der Waals surface area (Å²) in [5, 5.41) is 3.51. The van der Waals surface area contributed by atoms with E-state index in [1.165, 1.54) is 19.3 Å². The van der Waals surface area contributed by atoms with Gasteiger partial charge in [0.2, 0.25) is 5.91 Å². The Morgan fingerprint density at radius 3 is 2.74 bits per heavy atom. The quantitative estimate of drug-likeness (QED) is 0.877. The van der Waals surface area contributed by atoms with Crippen molar-refractivity contribution in [3.8, 4) is 5.75 Å². The Morgan fingerprint density at radius 1 is 1.37 bits per heavy atom. The summed E-state index contributed by atoms with van der Waals surface area (Å²) >= 11 is 0. The molecule has 0 heterocycles. The van der Waals surface area contributed by atoms with Gasteiger partial charge in [-0.15, -0.1) is 0 Å². The van der Waals surface area contributed by atoms with Gasteiger partial charge >= 0.3 is 0 Å². The first-order valence-electron chi connectivity index (χ1n) is 6.86. The Morgan fingerprint density at radius 2 is 2.11 bits per heavy atom. The van der Waals surface area contributed by atoms with Crippen molar-refractivity contribution in [3.63, 3.8) is 0 Å². The number of hydrogen-bond acceptors (Lipinski definition) is 3. The monoisotopic (exact) mass is 262 g/mol. The average molecular weight is 262 g/mol. The first kappa shape index (κ1) is 13.7. The highest BCUT2D eigenvalue weighted by Gasteiger charge is 2.22. The summed E-state index contributed by atoms with van der Waals surface area (Å²) in [5.74, 6) is 0.973. The van der Waals surface area contributed by atoms with Gasteiger partial charge in [-0.2, -0.15) is 0 Å². The van der Waals surface area contributed by atoms with Crippen LogP contribution in [-0.2, 0) is 0 Å². The minimum atomic E-state index is -0.414. The van der Waals surface area contributed by atoms with Gasteiger partial charge in [-0.05, 0) is 37.0 Å². The Bertz CT molecular complexity index is 459. The number of hydrogen-bond donors (Lipinski definition) is 2. The van der Waals surface area contributed by atoms with E-state index in [1.54, 1.807) is 25.3 Å². The van der Waals surface area contributed by atoms with Gasteiger partial charge in [-0.3, -0.25) is 4.79 Å². The summed E-state index contributed by atoms with van der Waals surface area (Å²) < 4.78 is 5.34. The lowest BCUT2D eigenvalue weighted by molar-refractivity contribution is 0.100. The molecule has 1 aliphatic carbocycles. The topological polar surface area (TPSA) is 64.3 Å². The maximum absolute atomic E-state index is 11.3. The van der Waals surface area contributed by atoms with Crippen LogP contribution in [0.4, 0.5) is 5.69 Å². The molecule has 104 valence electrons. The molecule has 1 aliphatic rings. The summed E-state index contributed by atoms with van der Waals surface area (Å²) in [5.41, 5.74) is 6.69. The highest BCUT2D eigenvalue weighted by Crippen LogP contribution is 2.31. The maximum Gasteiger partial charge on any atom is 0.248 e. The summed E-state index contributed by atoms with van der Waals surface area (Å²) in [6.45, 7) is 2.27. The van der Waals surface area contributed by atoms with Gasteiger partial charge < -0.3 is 15.8 Å². The number of carbonyl (C=O) groups excluding carboxylic acids is 1. The number of amides is 1. The van der Waals surface area contributed by atoms with E-state index in [2.05, 4.69) is 12.2 Å². The summed E-state index contributed by atoms with van der Waals surface area (Å²) in [6.07, 6.45) is 4.96. The molecule has 3 N–H and O–H groups in total. The van der Waals surface area contributed by atoms with Crippen molar-refractivity contribution < 1.29 is 9.53 Å². The molecule has 19 heavy (non-hydrogen) atoms.